The summed E-state index contributed by atoms with van der Waals surface area (Å²) in [5, 5.41) is 2.74. The number of esters is 1. The van der Waals surface area contributed by atoms with Gasteiger partial charge in [0.1, 0.15) is 0 Å². The van der Waals surface area contributed by atoms with E-state index in [0.717, 1.165) is 6.42 Å². The number of hydrogen-bond donors (Lipinski definition) is 2. The van der Waals surface area contributed by atoms with Gasteiger partial charge < -0.3 is 15.8 Å². The highest BCUT2D eigenvalue weighted by molar-refractivity contribution is 5.98. The molecule has 104 valence electrons. The molecule has 19 heavy (non-hydrogen) atoms. The highest BCUT2D eigenvalue weighted by Crippen LogP contribution is 2.20. The number of amides is 1. The van der Waals surface area contributed by atoms with Crippen LogP contribution in [0.2, 0.25) is 0 Å². The summed E-state index contributed by atoms with van der Waals surface area (Å²) in [6, 6.07) is 4.55. The average molecular weight is 264 g/mol. The Bertz CT molecular complexity index is 472. The van der Waals surface area contributed by atoms with Gasteiger partial charge in [-0.05, 0) is 31.0 Å². The number of benzene rings is 1. The van der Waals surface area contributed by atoms with Gasteiger partial charge in [0, 0.05) is 5.69 Å². The number of methoxy groups -OCH3 is 1. The van der Waals surface area contributed by atoms with Crippen LogP contribution in [0, 0.1) is 6.92 Å². The molecular weight excluding hydrogens is 244 g/mol. The summed E-state index contributed by atoms with van der Waals surface area (Å²) in [5.74, 6) is -0.668. The lowest BCUT2D eigenvalue weighted by atomic mass is 10.1. The molecular formula is C14H20N2O3. The number of carbonyl (C=O) groups is 2. The van der Waals surface area contributed by atoms with Crippen LogP contribution in [0.4, 0.5) is 5.69 Å². The summed E-state index contributed by atoms with van der Waals surface area (Å²) in [6.07, 6.45) is 1.47. The molecule has 0 aliphatic heterocycles. The summed E-state index contributed by atoms with van der Waals surface area (Å²) in [5.41, 5.74) is 7.44. The zero-order valence-electron chi connectivity index (χ0n) is 11.5. The van der Waals surface area contributed by atoms with Gasteiger partial charge >= 0.3 is 5.97 Å². The largest absolute Gasteiger partial charge is 0.465 e. The van der Waals surface area contributed by atoms with Crippen molar-refractivity contribution in [1.29, 1.82) is 0 Å². The Morgan fingerprint density at radius 1 is 1.42 bits per heavy atom. The molecule has 1 rings (SSSR count). The van der Waals surface area contributed by atoms with E-state index in [9.17, 15) is 9.59 Å². The Morgan fingerprint density at radius 2 is 2.11 bits per heavy atom. The molecule has 0 radical (unpaired) electrons. The molecule has 0 saturated carbocycles. The third kappa shape index (κ3) is 3.79. The predicted molar refractivity (Wildman–Crippen MR) is 74.0 cm³/mol. The highest BCUT2D eigenvalue weighted by atomic mass is 16.5. The highest BCUT2D eigenvalue weighted by Gasteiger charge is 2.16. The second kappa shape index (κ2) is 6.89. The van der Waals surface area contributed by atoms with Gasteiger partial charge in [0.05, 0.1) is 18.7 Å². The van der Waals surface area contributed by atoms with Gasteiger partial charge in [-0.1, -0.05) is 19.4 Å². The molecule has 1 amide bonds. The standard InChI is InChI=1S/C14H20N2O3/c1-4-6-11(15)13(17)16-12-8-5-7-10(9(12)2)14(18)19-3/h5,7-8,11H,4,6,15H2,1-3H3,(H,16,17)/t11-/m1/s1. The van der Waals surface area contributed by atoms with E-state index < -0.39 is 12.0 Å². The van der Waals surface area contributed by atoms with Crippen molar-refractivity contribution >= 4 is 17.6 Å². The van der Waals surface area contributed by atoms with Crippen molar-refractivity contribution in [2.45, 2.75) is 32.7 Å². The van der Waals surface area contributed by atoms with Crippen LogP contribution < -0.4 is 11.1 Å². The molecule has 1 aromatic carbocycles. The molecule has 1 atom stereocenters. The van der Waals surface area contributed by atoms with E-state index in [0.29, 0.717) is 23.2 Å². The van der Waals surface area contributed by atoms with Crippen molar-refractivity contribution in [2.75, 3.05) is 12.4 Å². The van der Waals surface area contributed by atoms with E-state index in [1.54, 1.807) is 25.1 Å². The van der Waals surface area contributed by atoms with E-state index in [4.69, 9.17) is 5.73 Å². The molecule has 3 N–H and O–H groups in total. The smallest absolute Gasteiger partial charge is 0.338 e. The molecule has 0 fully saturated rings. The number of nitrogens with two attached hydrogens (primary N) is 1. The SMILES string of the molecule is CCC[C@@H](N)C(=O)Nc1cccc(C(=O)OC)c1C. The first kappa shape index (κ1) is 15.2. The van der Waals surface area contributed by atoms with Gasteiger partial charge in [-0.3, -0.25) is 4.79 Å². The van der Waals surface area contributed by atoms with Gasteiger partial charge in [0.25, 0.3) is 0 Å². The minimum Gasteiger partial charge on any atom is -0.465 e. The van der Waals surface area contributed by atoms with Crippen LogP contribution in [-0.2, 0) is 9.53 Å². The Labute approximate surface area is 113 Å². The van der Waals surface area contributed by atoms with E-state index in [-0.39, 0.29) is 5.91 Å². The van der Waals surface area contributed by atoms with Gasteiger partial charge in [0.15, 0.2) is 0 Å². The molecule has 0 bridgehead atoms. The third-order valence-electron chi connectivity index (χ3n) is 2.93. The Kier molecular flexibility index (Phi) is 5.51. The van der Waals surface area contributed by atoms with Gasteiger partial charge in [-0.15, -0.1) is 0 Å². The summed E-state index contributed by atoms with van der Waals surface area (Å²) >= 11 is 0. The lowest BCUT2D eigenvalue weighted by Crippen LogP contribution is -2.35. The molecule has 5 nitrogen and oxygen atoms in total. The first-order valence-electron chi connectivity index (χ1n) is 6.25. The first-order chi connectivity index (χ1) is 9.01. The maximum absolute atomic E-state index is 11.9. The molecule has 0 aliphatic rings. The van der Waals surface area contributed by atoms with Crippen LogP contribution in [0.25, 0.3) is 0 Å². The number of carbonyl (C=O) groups excluding carboxylic acids is 2. The van der Waals surface area contributed by atoms with E-state index in [1.807, 2.05) is 6.92 Å². The van der Waals surface area contributed by atoms with Gasteiger partial charge in [-0.2, -0.15) is 0 Å². The normalized spacial score (nSPS) is 11.8. The summed E-state index contributed by atoms with van der Waals surface area (Å²) in [6.45, 7) is 3.73. The maximum Gasteiger partial charge on any atom is 0.338 e. The minimum atomic E-state index is -0.536. The van der Waals surface area contributed by atoms with Crippen molar-refractivity contribution in [3.05, 3.63) is 29.3 Å². The lowest BCUT2D eigenvalue weighted by molar-refractivity contribution is -0.117. The lowest BCUT2D eigenvalue weighted by Gasteiger charge is -2.14. The van der Waals surface area contributed by atoms with Crippen molar-refractivity contribution in [2.24, 2.45) is 5.73 Å². The number of rotatable bonds is 5. The fraction of sp³-hybridized carbons (Fsp3) is 0.429. The second-order valence-electron chi connectivity index (χ2n) is 4.35. The van der Waals surface area contributed by atoms with Crippen molar-refractivity contribution in [3.8, 4) is 0 Å². The van der Waals surface area contributed by atoms with E-state index in [2.05, 4.69) is 10.1 Å². The molecule has 0 aliphatic carbocycles. The topological polar surface area (TPSA) is 81.4 Å². The fourth-order valence-electron chi connectivity index (χ4n) is 1.77. The zero-order valence-corrected chi connectivity index (χ0v) is 11.5. The van der Waals surface area contributed by atoms with E-state index in [1.165, 1.54) is 7.11 Å². The summed E-state index contributed by atoms with van der Waals surface area (Å²) < 4.78 is 4.69. The third-order valence-corrected chi connectivity index (χ3v) is 2.93. The number of ether oxygens (including phenoxy) is 1. The number of hydrogen-bond acceptors (Lipinski definition) is 4. The number of anilines is 1. The summed E-state index contributed by atoms with van der Waals surface area (Å²) in [4.78, 5) is 23.4. The van der Waals surface area contributed by atoms with Crippen molar-refractivity contribution < 1.29 is 14.3 Å². The molecule has 0 aromatic heterocycles. The van der Waals surface area contributed by atoms with Gasteiger partial charge in [-0.25, -0.2) is 4.79 Å². The van der Waals surface area contributed by atoms with Crippen LogP contribution in [-0.4, -0.2) is 25.0 Å². The van der Waals surface area contributed by atoms with Crippen LogP contribution in [0.5, 0.6) is 0 Å². The summed E-state index contributed by atoms with van der Waals surface area (Å²) in [7, 11) is 1.32. The van der Waals surface area contributed by atoms with Crippen molar-refractivity contribution in [1.82, 2.24) is 0 Å². The molecule has 0 saturated heterocycles. The Balaban J connectivity index is 2.90. The van der Waals surface area contributed by atoms with Crippen LogP contribution in [0.1, 0.15) is 35.7 Å². The zero-order chi connectivity index (χ0) is 14.4. The van der Waals surface area contributed by atoms with E-state index >= 15 is 0 Å². The van der Waals surface area contributed by atoms with Gasteiger partial charge in [0.2, 0.25) is 5.91 Å². The minimum absolute atomic E-state index is 0.244. The van der Waals surface area contributed by atoms with Crippen LogP contribution >= 0.6 is 0 Å². The molecule has 5 heteroatoms. The Morgan fingerprint density at radius 3 is 2.68 bits per heavy atom. The molecule has 0 spiro atoms. The molecule has 1 aromatic rings. The average Bonchev–Trinajstić information content (AvgIpc) is 2.40. The van der Waals surface area contributed by atoms with Crippen LogP contribution in [0.3, 0.4) is 0 Å². The fourth-order valence-corrected chi connectivity index (χ4v) is 1.77. The Hall–Kier alpha value is -1.88. The monoisotopic (exact) mass is 264 g/mol. The second-order valence-corrected chi connectivity index (χ2v) is 4.35. The van der Waals surface area contributed by atoms with Crippen molar-refractivity contribution in [3.63, 3.8) is 0 Å². The van der Waals surface area contributed by atoms with Crippen LogP contribution in [0.15, 0.2) is 18.2 Å². The molecule has 0 heterocycles. The first-order valence-corrected chi connectivity index (χ1v) is 6.25. The quantitative estimate of drug-likeness (QED) is 0.795. The molecule has 0 unspecified atom stereocenters. The number of nitrogens with one attached hydrogen (secondary N) is 1. The predicted octanol–water partition coefficient (Wildman–Crippen LogP) is 1.85. The maximum atomic E-state index is 11.9.